The van der Waals surface area contributed by atoms with Crippen molar-refractivity contribution in [1.82, 2.24) is 0 Å². The van der Waals surface area contributed by atoms with E-state index in [1.807, 2.05) is 0 Å². The molecule has 18 heavy (non-hydrogen) atoms. The topological polar surface area (TPSA) is 20.2 Å². The maximum absolute atomic E-state index is 12.2. The number of aliphatic hydroxyl groups excluding tert-OH is 1. The van der Waals surface area contributed by atoms with Crippen molar-refractivity contribution in [3.05, 3.63) is 29.8 Å². The Hall–Kier alpha value is -0.680. The summed E-state index contributed by atoms with van der Waals surface area (Å²) < 4.78 is 36.5. The highest BCUT2D eigenvalue weighted by Crippen LogP contribution is 2.38. The second-order valence-electron chi connectivity index (χ2n) is 4.58. The highest BCUT2D eigenvalue weighted by atomic mass is 32.2. The summed E-state index contributed by atoms with van der Waals surface area (Å²) >= 11 is -0.106. The molecule has 0 radical (unpaired) electrons. The molecule has 1 nitrogen and oxygen atoms in total. The summed E-state index contributed by atoms with van der Waals surface area (Å²) in [6.45, 7) is 0. The van der Waals surface area contributed by atoms with Gasteiger partial charge in [-0.25, -0.2) is 0 Å². The second-order valence-corrected chi connectivity index (χ2v) is 5.71. The molecule has 2 rings (SSSR count). The minimum Gasteiger partial charge on any atom is -0.392 e. The fourth-order valence-corrected chi connectivity index (χ4v) is 2.96. The van der Waals surface area contributed by atoms with Gasteiger partial charge in [0.1, 0.15) is 0 Å². The molecule has 1 aromatic rings. The van der Waals surface area contributed by atoms with Crippen molar-refractivity contribution in [2.75, 3.05) is 0 Å². The molecule has 0 heterocycles. The Morgan fingerprint density at radius 2 is 1.67 bits per heavy atom. The van der Waals surface area contributed by atoms with E-state index in [0.29, 0.717) is 0 Å². The van der Waals surface area contributed by atoms with Crippen LogP contribution in [0.4, 0.5) is 13.2 Å². The van der Waals surface area contributed by atoms with Crippen LogP contribution in [-0.2, 0) is 0 Å². The van der Waals surface area contributed by atoms with Gasteiger partial charge in [-0.1, -0.05) is 25.0 Å². The lowest BCUT2D eigenvalue weighted by molar-refractivity contribution is -0.0328. The fraction of sp³-hybridized carbons (Fsp3) is 0.538. The van der Waals surface area contributed by atoms with Gasteiger partial charge in [-0.2, -0.15) is 13.2 Å². The summed E-state index contributed by atoms with van der Waals surface area (Å²) in [7, 11) is 0. The molecule has 1 N–H and O–H groups in total. The molecule has 1 saturated carbocycles. The van der Waals surface area contributed by atoms with Gasteiger partial charge in [0.25, 0.3) is 0 Å². The highest BCUT2D eigenvalue weighted by Gasteiger charge is 2.29. The van der Waals surface area contributed by atoms with E-state index < -0.39 is 5.51 Å². The smallest absolute Gasteiger partial charge is 0.392 e. The van der Waals surface area contributed by atoms with E-state index in [1.54, 1.807) is 12.1 Å². The van der Waals surface area contributed by atoms with Crippen LogP contribution in [0.2, 0.25) is 0 Å². The first-order valence-electron chi connectivity index (χ1n) is 5.99. The monoisotopic (exact) mass is 276 g/mol. The van der Waals surface area contributed by atoms with Crippen LogP contribution in [0.3, 0.4) is 0 Å². The highest BCUT2D eigenvalue weighted by molar-refractivity contribution is 8.00. The first-order chi connectivity index (χ1) is 8.46. The largest absolute Gasteiger partial charge is 0.446 e. The van der Waals surface area contributed by atoms with Crippen LogP contribution in [0.5, 0.6) is 0 Å². The van der Waals surface area contributed by atoms with Crippen LogP contribution >= 0.6 is 11.8 Å². The quantitative estimate of drug-likeness (QED) is 0.812. The number of thioether (sulfide) groups is 1. The van der Waals surface area contributed by atoms with E-state index in [-0.39, 0.29) is 28.7 Å². The summed E-state index contributed by atoms with van der Waals surface area (Å²) in [5, 5.41) is 9.89. The lowest BCUT2D eigenvalue weighted by Gasteiger charge is -2.28. The molecule has 0 amide bonds. The van der Waals surface area contributed by atoms with E-state index in [4.69, 9.17) is 0 Å². The minimum atomic E-state index is -4.24. The number of hydrogen-bond acceptors (Lipinski definition) is 2. The predicted octanol–water partition coefficient (Wildman–Crippen LogP) is 4.32. The van der Waals surface area contributed by atoms with Crippen LogP contribution in [0.1, 0.15) is 37.2 Å². The molecule has 1 aromatic carbocycles. The van der Waals surface area contributed by atoms with Gasteiger partial charge < -0.3 is 5.11 Å². The van der Waals surface area contributed by atoms with Crippen LogP contribution in [0, 0.1) is 0 Å². The van der Waals surface area contributed by atoms with Crippen LogP contribution in [0.25, 0.3) is 0 Å². The van der Waals surface area contributed by atoms with Gasteiger partial charge in [0.15, 0.2) is 0 Å². The van der Waals surface area contributed by atoms with Crippen molar-refractivity contribution in [3.8, 4) is 0 Å². The lowest BCUT2D eigenvalue weighted by Crippen LogP contribution is -2.22. The predicted molar refractivity (Wildman–Crippen MR) is 65.6 cm³/mol. The molecule has 0 saturated heterocycles. The molecule has 0 bridgehead atoms. The molecule has 0 spiro atoms. The first kappa shape index (κ1) is 13.7. The standard InChI is InChI=1S/C13H15F3OS/c14-13(15,16)18-10-7-5-9(6-8-10)11-3-1-2-4-12(11)17/h5-8,11-12,17H,1-4H2. The maximum Gasteiger partial charge on any atom is 0.446 e. The van der Waals surface area contributed by atoms with Gasteiger partial charge in [0, 0.05) is 10.8 Å². The lowest BCUT2D eigenvalue weighted by atomic mass is 9.82. The average molecular weight is 276 g/mol. The number of benzene rings is 1. The van der Waals surface area contributed by atoms with Gasteiger partial charge in [-0.05, 0) is 42.3 Å². The molecule has 1 fully saturated rings. The van der Waals surface area contributed by atoms with Gasteiger partial charge in [0.2, 0.25) is 0 Å². The summed E-state index contributed by atoms with van der Waals surface area (Å²) in [6, 6.07) is 6.37. The third-order valence-corrected chi connectivity index (χ3v) is 4.01. The van der Waals surface area contributed by atoms with Crippen molar-refractivity contribution >= 4 is 11.8 Å². The maximum atomic E-state index is 12.2. The Morgan fingerprint density at radius 1 is 1.06 bits per heavy atom. The minimum absolute atomic E-state index is 0.0729. The molecular formula is C13H15F3OS. The Balaban J connectivity index is 2.07. The van der Waals surface area contributed by atoms with Gasteiger partial charge in [-0.15, -0.1) is 0 Å². The summed E-state index contributed by atoms with van der Waals surface area (Å²) in [6.07, 6.45) is 3.43. The number of hydrogen-bond donors (Lipinski definition) is 1. The van der Waals surface area contributed by atoms with Crippen molar-refractivity contribution in [2.24, 2.45) is 0 Å². The fourth-order valence-electron chi connectivity index (χ4n) is 2.42. The van der Waals surface area contributed by atoms with Gasteiger partial charge >= 0.3 is 5.51 Å². The van der Waals surface area contributed by atoms with Crippen LogP contribution in [-0.4, -0.2) is 16.7 Å². The third kappa shape index (κ3) is 3.65. The number of halogens is 3. The van der Waals surface area contributed by atoms with E-state index in [0.717, 1.165) is 31.2 Å². The molecule has 0 aromatic heterocycles. The summed E-state index contributed by atoms with van der Waals surface area (Å²) in [5.74, 6) is 0.0729. The number of rotatable bonds is 2. The zero-order valence-corrected chi connectivity index (χ0v) is 10.6. The van der Waals surface area contributed by atoms with E-state index in [1.165, 1.54) is 12.1 Å². The Bertz CT molecular complexity index is 388. The molecule has 1 aliphatic carbocycles. The molecular weight excluding hydrogens is 261 g/mol. The van der Waals surface area contributed by atoms with Gasteiger partial charge in [-0.3, -0.25) is 0 Å². The van der Waals surface area contributed by atoms with Crippen molar-refractivity contribution < 1.29 is 18.3 Å². The molecule has 100 valence electrons. The summed E-state index contributed by atoms with van der Waals surface area (Å²) in [4.78, 5) is 0.191. The Labute approximate surface area is 108 Å². The average Bonchev–Trinajstić information content (AvgIpc) is 2.29. The number of aliphatic hydroxyl groups is 1. The van der Waals surface area contributed by atoms with Crippen LogP contribution in [0.15, 0.2) is 29.2 Å². The van der Waals surface area contributed by atoms with Crippen molar-refractivity contribution in [3.63, 3.8) is 0 Å². The summed E-state index contributed by atoms with van der Waals surface area (Å²) in [5.41, 5.74) is -3.31. The third-order valence-electron chi connectivity index (χ3n) is 3.27. The first-order valence-corrected chi connectivity index (χ1v) is 6.81. The molecule has 2 unspecified atom stereocenters. The zero-order valence-electron chi connectivity index (χ0n) is 9.78. The zero-order chi connectivity index (χ0) is 13.2. The normalized spacial score (nSPS) is 25.1. The van der Waals surface area contributed by atoms with E-state index in [9.17, 15) is 18.3 Å². The Kier molecular flexibility index (Phi) is 4.22. The van der Waals surface area contributed by atoms with E-state index in [2.05, 4.69) is 0 Å². The van der Waals surface area contributed by atoms with E-state index >= 15 is 0 Å². The Morgan fingerprint density at radius 3 is 2.22 bits per heavy atom. The molecule has 1 aliphatic rings. The van der Waals surface area contributed by atoms with Crippen molar-refractivity contribution in [1.29, 1.82) is 0 Å². The van der Waals surface area contributed by atoms with Gasteiger partial charge in [0.05, 0.1) is 6.10 Å². The molecule has 2 atom stereocenters. The van der Waals surface area contributed by atoms with Crippen molar-refractivity contribution in [2.45, 2.75) is 48.1 Å². The molecule has 0 aliphatic heterocycles. The SMILES string of the molecule is OC1CCCCC1c1ccc(SC(F)(F)F)cc1. The number of alkyl halides is 3. The second kappa shape index (κ2) is 5.53. The molecule has 5 heteroatoms. The van der Waals surface area contributed by atoms with Crippen LogP contribution < -0.4 is 0 Å².